The minimum Gasteiger partial charge on any atom is -0.322 e. The highest BCUT2D eigenvalue weighted by Crippen LogP contribution is 2.27. The number of carbonyl (C=O) groups is 2. The van der Waals surface area contributed by atoms with E-state index in [1.807, 2.05) is 49.4 Å². The normalized spacial score (nSPS) is 10.6. The minimum atomic E-state index is -0.245. The molecule has 0 fully saturated rings. The largest absolute Gasteiger partial charge is 0.322 e. The Balaban J connectivity index is 1.55. The number of hydrogen-bond acceptors (Lipinski definition) is 2. The molecular formula is C25H19ClN2O2. The Morgan fingerprint density at radius 3 is 1.97 bits per heavy atom. The summed E-state index contributed by atoms with van der Waals surface area (Å²) < 4.78 is 0. The molecule has 0 saturated heterocycles. The molecular weight excluding hydrogens is 396 g/mol. The van der Waals surface area contributed by atoms with Crippen molar-refractivity contribution < 1.29 is 9.59 Å². The Labute approximate surface area is 179 Å². The van der Waals surface area contributed by atoms with Crippen LogP contribution >= 0.6 is 11.6 Å². The SMILES string of the molecule is Cc1ccccc1C(=O)Nc1cccc(NC(=O)c2cccc3c(Cl)cccc23)c1. The molecule has 4 aromatic rings. The van der Waals surface area contributed by atoms with Gasteiger partial charge >= 0.3 is 0 Å². The van der Waals surface area contributed by atoms with Crippen LogP contribution in [0.15, 0.2) is 84.9 Å². The highest BCUT2D eigenvalue weighted by atomic mass is 35.5. The third-order valence-corrected chi connectivity index (χ3v) is 5.21. The lowest BCUT2D eigenvalue weighted by molar-refractivity contribution is 0.102. The molecule has 4 nitrogen and oxygen atoms in total. The summed E-state index contributed by atoms with van der Waals surface area (Å²) in [5, 5.41) is 7.99. The molecule has 4 aromatic carbocycles. The van der Waals surface area contributed by atoms with Crippen molar-refractivity contribution in [1.82, 2.24) is 0 Å². The predicted molar refractivity (Wildman–Crippen MR) is 122 cm³/mol. The van der Waals surface area contributed by atoms with Crippen molar-refractivity contribution in [3.05, 3.63) is 107 Å². The molecule has 0 aromatic heterocycles. The van der Waals surface area contributed by atoms with Crippen LogP contribution in [0.25, 0.3) is 10.8 Å². The molecule has 0 unspecified atom stereocenters. The second-order valence-electron chi connectivity index (χ2n) is 6.94. The summed E-state index contributed by atoms with van der Waals surface area (Å²) >= 11 is 6.25. The first-order chi connectivity index (χ1) is 14.5. The topological polar surface area (TPSA) is 58.2 Å². The minimum absolute atomic E-state index is 0.194. The van der Waals surface area contributed by atoms with E-state index in [2.05, 4.69) is 10.6 Å². The molecule has 0 spiro atoms. The fraction of sp³-hybridized carbons (Fsp3) is 0.0400. The van der Waals surface area contributed by atoms with Gasteiger partial charge in [-0.2, -0.15) is 0 Å². The van der Waals surface area contributed by atoms with Gasteiger partial charge in [0.05, 0.1) is 0 Å². The number of amides is 2. The van der Waals surface area contributed by atoms with Gasteiger partial charge in [-0.15, -0.1) is 0 Å². The summed E-state index contributed by atoms with van der Waals surface area (Å²) in [7, 11) is 0. The Morgan fingerprint density at radius 2 is 1.23 bits per heavy atom. The number of carbonyl (C=O) groups excluding carboxylic acids is 2. The summed E-state index contributed by atoms with van der Waals surface area (Å²) in [5.41, 5.74) is 3.22. The summed E-state index contributed by atoms with van der Waals surface area (Å²) in [6, 6.07) is 25.4. The highest BCUT2D eigenvalue weighted by Gasteiger charge is 2.13. The molecule has 0 atom stereocenters. The average molecular weight is 415 g/mol. The number of aryl methyl sites for hydroxylation is 1. The van der Waals surface area contributed by atoms with Crippen LogP contribution in [0.2, 0.25) is 5.02 Å². The van der Waals surface area contributed by atoms with Crippen molar-refractivity contribution in [3.63, 3.8) is 0 Å². The molecule has 0 aliphatic heterocycles. The Morgan fingerprint density at radius 1 is 0.667 bits per heavy atom. The van der Waals surface area contributed by atoms with Gasteiger partial charge in [-0.25, -0.2) is 0 Å². The van der Waals surface area contributed by atoms with Crippen LogP contribution in [0.1, 0.15) is 26.3 Å². The van der Waals surface area contributed by atoms with Crippen molar-refractivity contribution >= 4 is 45.6 Å². The van der Waals surface area contributed by atoms with Gasteiger partial charge in [0.2, 0.25) is 0 Å². The van der Waals surface area contributed by atoms with Gasteiger partial charge in [-0.1, -0.05) is 60.1 Å². The Kier molecular flexibility index (Phi) is 5.50. The monoisotopic (exact) mass is 414 g/mol. The fourth-order valence-corrected chi connectivity index (χ4v) is 3.61. The standard InChI is InChI=1S/C25H19ClN2O2/c1-16-7-2-3-10-19(16)24(29)27-17-8-4-9-18(15-17)28-25(30)22-13-5-12-21-20(22)11-6-14-23(21)26/h2-15H,1H3,(H,27,29)(H,28,30). The lowest BCUT2D eigenvalue weighted by Gasteiger charge is -2.11. The molecule has 0 aliphatic carbocycles. The summed E-state index contributed by atoms with van der Waals surface area (Å²) in [6.07, 6.45) is 0. The lowest BCUT2D eigenvalue weighted by atomic mass is 10.0. The number of hydrogen-bond donors (Lipinski definition) is 2. The first-order valence-corrected chi connectivity index (χ1v) is 9.86. The van der Waals surface area contributed by atoms with Crippen LogP contribution in [0.3, 0.4) is 0 Å². The second kappa shape index (κ2) is 8.39. The van der Waals surface area contributed by atoms with Crippen molar-refractivity contribution in [2.45, 2.75) is 6.92 Å². The fourth-order valence-electron chi connectivity index (χ4n) is 3.37. The van der Waals surface area contributed by atoms with Crippen molar-refractivity contribution in [2.75, 3.05) is 10.6 Å². The molecule has 0 saturated carbocycles. The van der Waals surface area contributed by atoms with Gasteiger partial charge in [0, 0.05) is 32.9 Å². The highest BCUT2D eigenvalue weighted by molar-refractivity contribution is 6.36. The molecule has 2 amide bonds. The molecule has 0 aliphatic rings. The summed E-state index contributed by atoms with van der Waals surface area (Å²) in [5.74, 6) is -0.439. The van der Waals surface area contributed by atoms with Crippen molar-refractivity contribution in [1.29, 1.82) is 0 Å². The Bertz CT molecular complexity index is 1270. The van der Waals surface area contributed by atoms with Crippen LogP contribution in [0.5, 0.6) is 0 Å². The first kappa shape index (κ1) is 19.7. The van der Waals surface area contributed by atoms with E-state index in [-0.39, 0.29) is 11.8 Å². The number of benzene rings is 4. The Hall–Kier alpha value is -3.63. The maximum Gasteiger partial charge on any atom is 0.256 e. The van der Waals surface area contributed by atoms with Crippen molar-refractivity contribution in [2.24, 2.45) is 0 Å². The quantitative estimate of drug-likeness (QED) is 0.411. The number of fused-ring (bicyclic) bond motifs is 1. The molecule has 5 heteroatoms. The maximum atomic E-state index is 12.9. The van der Waals surface area contributed by atoms with E-state index in [9.17, 15) is 9.59 Å². The second-order valence-corrected chi connectivity index (χ2v) is 7.35. The third kappa shape index (κ3) is 4.04. The van der Waals surface area contributed by atoms with Crippen LogP contribution in [-0.4, -0.2) is 11.8 Å². The predicted octanol–water partition coefficient (Wildman–Crippen LogP) is 6.31. The van der Waals surface area contributed by atoms with Gasteiger partial charge in [0.25, 0.3) is 11.8 Å². The molecule has 0 heterocycles. The van der Waals surface area contributed by atoms with Crippen LogP contribution in [0, 0.1) is 6.92 Å². The zero-order valence-corrected chi connectivity index (χ0v) is 17.0. The molecule has 2 N–H and O–H groups in total. The van der Waals surface area contributed by atoms with E-state index < -0.39 is 0 Å². The molecule has 0 bridgehead atoms. The van der Waals surface area contributed by atoms with Gasteiger partial charge in [0.15, 0.2) is 0 Å². The van der Waals surface area contributed by atoms with Gasteiger partial charge in [0.1, 0.15) is 0 Å². The zero-order chi connectivity index (χ0) is 21.1. The number of rotatable bonds is 4. The van der Waals surface area contributed by atoms with Crippen LogP contribution < -0.4 is 10.6 Å². The van der Waals surface area contributed by atoms with E-state index in [0.29, 0.717) is 27.5 Å². The third-order valence-electron chi connectivity index (χ3n) is 4.88. The molecule has 30 heavy (non-hydrogen) atoms. The van der Waals surface area contributed by atoms with E-state index in [0.717, 1.165) is 16.3 Å². The van der Waals surface area contributed by atoms with Crippen LogP contribution in [-0.2, 0) is 0 Å². The molecule has 4 rings (SSSR count). The van der Waals surface area contributed by atoms with Crippen molar-refractivity contribution in [3.8, 4) is 0 Å². The van der Waals surface area contributed by atoms with E-state index in [1.54, 1.807) is 42.5 Å². The summed E-state index contributed by atoms with van der Waals surface area (Å²) in [6.45, 7) is 1.89. The number of nitrogens with one attached hydrogen (secondary N) is 2. The maximum absolute atomic E-state index is 12.9. The lowest BCUT2D eigenvalue weighted by Crippen LogP contribution is -2.15. The van der Waals surface area contributed by atoms with Gasteiger partial charge in [-0.05, 0) is 54.3 Å². The van der Waals surface area contributed by atoms with E-state index in [4.69, 9.17) is 11.6 Å². The number of anilines is 2. The van der Waals surface area contributed by atoms with Gasteiger partial charge < -0.3 is 10.6 Å². The molecule has 148 valence electrons. The smallest absolute Gasteiger partial charge is 0.256 e. The zero-order valence-electron chi connectivity index (χ0n) is 16.3. The average Bonchev–Trinajstić information content (AvgIpc) is 2.74. The van der Waals surface area contributed by atoms with E-state index in [1.165, 1.54) is 0 Å². The van der Waals surface area contributed by atoms with Crippen LogP contribution in [0.4, 0.5) is 11.4 Å². The van der Waals surface area contributed by atoms with Gasteiger partial charge in [-0.3, -0.25) is 9.59 Å². The summed E-state index contributed by atoms with van der Waals surface area (Å²) in [4.78, 5) is 25.5. The number of halogens is 1. The molecule has 0 radical (unpaired) electrons. The van der Waals surface area contributed by atoms with E-state index >= 15 is 0 Å². The first-order valence-electron chi connectivity index (χ1n) is 9.48.